The molecule has 0 spiro atoms. The van der Waals surface area contributed by atoms with Gasteiger partial charge in [-0.05, 0) is 104 Å². The summed E-state index contributed by atoms with van der Waals surface area (Å²) in [5.41, 5.74) is 0.865. The molecule has 0 unspecified atom stereocenters. The van der Waals surface area contributed by atoms with Crippen LogP contribution in [0.15, 0.2) is 0 Å². The number of aliphatic hydroxyl groups excluding tert-OH is 1. The van der Waals surface area contributed by atoms with E-state index in [0.29, 0.717) is 35.0 Å². The van der Waals surface area contributed by atoms with Crippen molar-refractivity contribution >= 4 is 0 Å². The molecule has 0 bridgehead atoms. The van der Waals surface area contributed by atoms with Crippen molar-refractivity contribution in [1.82, 2.24) is 0 Å². The molecule has 4 aliphatic rings. The normalized spacial score (nSPS) is 53.0. The van der Waals surface area contributed by atoms with Crippen molar-refractivity contribution in [3.63, 3.8) is 0 Å². The molecule has 1 N–H and O–H groups in total. The lowest BCUT2D eigenvalue weighted by molar-refractivity contribution is -0.168. The Morgan fingerprint density at radius 3 is 2.48 bits per heavy atom. The third kappa shape index (κ3) is 2.99. The summed E-state index contributed by atoms with van der Waals surface area (Å²) in [6.07, 6.45) is 12.2. The highest BCUT2D eigenvalue weighted by molar-refractivity contribution is 5.11. The fourth-order valence-corrected chi connectivity index (χ4v) is 8.91. The number of hydrogen-bond acceptors (Lipinski definition) is 2. The standard InChI is InChI=1S/C25H41NO/c1-16-9-11-24(3)18(14-16)15-22(27)23-20-8-7-19(17(2)6-5-13-26)25(20,4)12-10-21(23)24/h16-23,27H,5-12,14-15H2,1-4H3/t16-,17-,18+,19-,20+,21+,22-,23+,24+,25-/m1/s1. The second-order valence-corrected chi connectivity index (χ2v) is 11.6. The summed E-state index contributed by atoms with van der Waals surface area (Å²) in [5.74, 6) is 4.97. The zero-order chi connectivity index (χ0) is 19.4. The van der Waals surface area contributed by atoms with Crippen LogP contribution in [0.2, 0.25) is 0 Å². The fraction of sp³-hybridized carbons (Fsp3) is 0.960. The van der Waals surface area contributed by atoms with E-state index in [1.54, 1.807) is 0 Å². The van der Waals surface area contributed by atoms with Crippen LogP contribution < -0.4 is 0 Å². The summed E-state index contributed by atoms with van der Waals surface area (Å²) in [6, 6.07) is 2.36. The van der Waals surface area contributed by atoms with E-state index >= 15 is 0 Å². The molecule has 0 aromatic rings. The summed E-state index contributed by atoms with van der Waals surface area (Å²) >= 11 is 0. The van der Waals surface area contributed by atoms with Gasteiger partial charge in [0.25, 0.3) is 0 Å². The topological polar surface area (TPSA) is 44.0 Å². The SMILES string of the molecule is C[C@@H]1CC[C@@]2(C)[C@@H](C1)C[C@@H](O)[C@@H]1[C@@H]2CC[C@]2(C)[C@@H]([C@H](C)CCC#N)CC[C@@H]12. The lowest BCUT2D eigenvalue weighted by atomic mass is 9.43. The lowest BCUT2D eigenvalue weighted by Crippen LogP contribution is -2.58. The molecule has 0 amide bonds. The molecule has 0 aromatic carbocycles. The van der Waals surface area contributed by atoms with Gasteiger partial charge in [0, 0.05) is 6.42 Å². The highest BCUT2D eigenvalue weighted by Gasteiger charge is 2.62. The fourth-order valence-electron chi connectivity index (χ4n) is 8.91. The van der Waals surface area contributed by atoms with Gasteiger partial charge >= 0.3 is 0 Å². The molecule has 4 aliphatic carbocycles. The Balaban J connectivity index is 1.58. The van der Waals surface area contributed by atoms with Gasteiger partial charge in [-0.3, -0.25) is 0 Å². The van der Waals surface area contributed by atoms with E-state index in [1.807, 2.05) is 0 Å². The van der Waals surface area contributed by atoms with Crippen molar-refractivity contribution in [2.24, 2.45) is 52.3 Å². The second kappa shape index (κ2) is 7.05. The van der Waals surface area contributed by atoms with Crippen LogP contribution in [-0.4, -0.2) is 11.2 Å². The molecular weight excluding hydrogens is 330 g/mol. The minimum Gasteiger partial charge on any atom is -0.393 e. The van der Waals surface area contributed by atoms with Crippen molar-refractivity contribution in [2.45, 2.75) is 98.0 Å². The van der Waals surface area contributed by atoms with Crippen molar-refractivity contribution in [2.75, 3.05) is 0 Å². The van der Waals surface area contributed by atoms with Crippen molar-refractivity contribution in [1.29, 1.82) is 5.26 Å². The predicted molar refractivity (Wildman–Crippen MR) is 110 cm³/mol. The molecule has 0 radical (unpaired) electrons. The minimum atomic E-state index is -0.0730. The van der Waals surface area contributed by atoms with Gasteiger partial charge < -0.3 is 5.11 Å². The monoisotopic (exact) mass is 371 g/mol. The van der Waals surface area contributed by atoms with E-state index in [1.165, 1.54) is 44.9 Å². The summed E-state index contributed by atoms with van der Waals surface area (Å²) < 4.78 is 0. The van der Waals surface area contributed by atoms with E-state index in [9.17, 15) is 5.11 Å². The first-order chi connectivity index (χ1) is 12.8. The van der Waals surface area contributed by atoms with Crippen molar-refractivity contribution < 1.29 is 5.11 Å². The average molecular weight is 372 g/mol. The van der Waals surface area contributed by atoms with E-state index in [-0.39, 0.29) is 6.10 Å². The number of hydrogen-bond donors (Lipinski definition) is 1. The summed E-state index contributed by atoms with van der Waals surface area (Å²) in [6.45, 7) is 9.95. The molecular formula is C25H41NO. The predicted octanol–water partition coefficient (Wildman–Crippen LogP) is 6.19. The highest BCUT2D eigenvalue weighted by atomic mass is 16.3. The van der Waals surface area contributed by atoms with E-state index in [4.69, 9.17) is 5.26 Å². The van der Waals surface area contributed by atoms with Gasteiger partial charge in [-0.25, -0.2) is 0 Å². The second-order valence-electron chi connectivity index (χ2n) is 11.6. The maximum Gasteiger partial charge on any atom is 0.0621 e. The van der Waals surface area contributed by atoms with Gasteiger partial charge in [0.2, 0.25) is 0 Å². The van der Waals surface area contributed by atoms with Crippen LogP contribution in [0.4, 0.5) is 0 Å². The van der Waals surface area contributed by atoms with Crippen LogP contribution in [0.1, 0.15) is 91.9 Å². The van der Waals surface area contributed by atoms with Gasteiger partial charge in [0.1, 0.15) is 0 Å². The van der Waals surface area contributed by atoms with Crippen LogP contribution in [0, 0.1) is 63.6 Å². The Kier molecular flexibility index (Phi) is 5.16. The zero-order valence-corrected chi connectivity index (χ0v) is 18.1. The first kappa shape index (κ1) is 19.8. The van der Waals surface area contributed by atoms with Gasteiger partial charge in [-0.15, -0.1) is 0 Å². The zero-order valence-electron chi connectivity index (χ0n) is 18.1. The summed E-state index contributed by atoms with van der Waals surface area (Å²) in [4.78, 5) is 0. The Morgan fingerprint density at radius 1 is 1.04 bits per heavy atom. The molecule has 0 heterocycles. The minimum absolute atomic E-state index is 0.0730. The number of aliphatic hydroxyl groups is 1. The third-order valence-corrected chi connectivity index (χ3v) is 10.4. The molecule has 4 rings (SSSR count). The molecule has 4 fully saturated rings. The van der Waals surface area contributed by atoms with Crippen LogP contribution in [0.5, 0.6) is 0 Å². The highest BCUT2D eigenvalue weighted by Crippen LogP contribution is 2.68. The van der Waals surface area contributed by atoms with E-state index < -0.39 is 0 Å². The number of nitriles is 1. The maximum atomic E-state index is 11.3. The third-order valence-electron chi connectivity index (χ3n) is 10.4. The summed E-state index contributed by atoms with van der Waals surface area (Å²) in [7, 11) is 0. The van der Waals surface area contributed by atoms with Gasteiger partial charge in [-0.1, -0.05) is 34.1 Å². The van der Waals surface area contributed by atoms with E-state index in [0.717, 1.165) is 36.5 Å². The molecule has 0 aliphatic heterocycles. The first-order valence-corrected chi connectivity index (χ1v) is 11.9. The average Bonchev–Trinajstić information content (AvgIpc) is 2.98. The molecule has 4 saturated carbocycles. The molecule has 2 heteroatoms. The largest absolute Gasteiger partial charge is 0.393 e. The van der Waals surface area contributed by atoms with Gasteiger partial charge in [-0.2, -0.15) is 5.26 Å². The lowest BCUT2D eigenvalue weighted by Gasteiger charge is -2.62. The quantitative estimate of drug-likeness (QED) is 0.642. The van der Waals surface area contributed by atoms with Crippen molar-refractivity contribution in [3.8, 4) is 6.07 Å². The molecule has 152 valence electrons. The van der Waals surface area contributed by atoms with Crippen LogP contribution in [0.25, 0.3) is 0 Å². The smallest absolute Gasteiger partial charge is 0.0621 e. The Bertz CT molecular complexity index is 596. The van der Waals surface area contributed by atoms with Crippen LogP contribution in [0.3, 0.4) is 0 Å². The number of nitrogens with zero attached hydrogens (tertiary/aromatic N) is 1. The van der Waals surface area contributed by atoms with Gasteiger partial charge in [0.15, 0.2) is 0 Å². The van der Waals surface area contributed by atoms with Gasteiger partial charge in [0.05, 0.1) is 12.2 Å². The summed E-state index contributed by atoms with van der Waals surface area (Å²) in [5, 5.41) is 20.3. The Labute approximate surface area is 167 Å². The molecule has 0 aromatic heterocycles. The van der Waals surface area contributed by atoms with Crippen LogP contribution in [-0.2, 0) is 0 Å². The Morgan fingerprint density at radius 2 is 1.74 bits per heavy atom. The molecule has 0 saturated heterocycles. The maximum absolute atomic E-state index is 11.3. The number of fused-ring (bicyclic) bond motifs is 5. The van der Waals surface area contributed by atoms with Crippen LogP contribution >= 0.6 is 0 Å². The molecule has 2 nitrogen and oxygen atoms in total. The molecule has 10 atom stereocenters. The first-order valence-electron chi connectivity index (χ1n) is 11.9. The van der Waals surface area contributed by atoms with E-state index in [2.05, 4.69) is 33.8 Å². The Hall–Kier alpha value is -0.550. The molecule has 27 heavy (non-hydrogen) atoms. The number of rotatable bonds is 3. The van der Waals surface area contributed by atoms with Crippen molar-refractivity contribution in [3.05, 3.63) is 0 Å².